The monoisotopic (exact) mass is 198 g/mol. The van der Waals surface area contributed by atoms with E-state index in [4.69, 9.17) is 19.5 Å². The van der Waals surface area contributed by atoms with Crippen molar-refractivity contribution >= 4 is 7.32 Å². The van der Waals surface area contributed by atoms with Gasteiger partial charge in [-0.25, -0.2) is 0 Å². The Labute approximate surface area is 82.0 Å². The second-order valence-electron chi connectivity index (χ2n) is 2.46. The molecule has 0 amide bonds. The summed E-state index contributed by atoms with van der Waals surface area (Å²) in [5.41, 5.74) is 0. The summed E-state index contributed by atoms with van der Waals surface area (Å²) in [6.07, 6.45) is 0. The molecule has 1 aromatic carbocycles. The molecule has 0 atom stereocenters. The summed E-state index contributed by atoms with van der Waals surface area (Å²) in [5, 5.41) is 17.2. The predicted octanol–water partition coefficient (Wildman–Crippen LogP) is 0.0521. The minimum atomic E-state index is -1.86. The van der Waals surface area contributed by atoms with Crippen molar-refractivity contribution in [3.63, 3.8) is 0 Å². The van der Waals surface area contributed by atoms with E-state index in [2.05, 4.69) is 4.65 Å². The van der Waals surface area contributed by atoms with Crippen LogP contribution in [0.15, 0.2) is 18.2 Å². The number of benzene rings is 1. The number of hydrogen-bond acceptors (Lipinski definition) is 5. The van der Waals surface area contributed by atoms with Crippen LogP contribution in [-0.4, -0.2) is 31.6 Å². The molecule has 0 aliphatic carbocycles. The molecule has 5 nitrogen and oxygen atoms in total. The SMILES string of the molecule is COc1ccc(OB(O)O)c(OC)c1. The smallest absolute Gasteiger partial charge is 0.509 e. The van der Waals surface area contributed by atoms with Crippen LogP contribution in [0.1, 0.15) is 0 Å². The fourth-order valence-corrected chi connectivity index (χ4v) is 0.986. The highest BCUT2D eigenvalue weighted by Gasteiger charge is 2.15. The Kier molecular flexibility index (Phi) is 3.61. The van der Waals surface area contributed by atoms with Crippen molar-refractivity contribution in [3.05, 3.63) is 18.2 Å². The number of methoxy groups -OCH3 is 2. The van der Waals surface area contributed by atoms with Gasteiger partial charge in [-0.1, -0.05) is 0 Å². The van der Waals surface area contributed by atoms with Crippen molar-refractivity contribution in [2.24, 2.45) is 0 Å². The van der Waals surface area contributed by atoms with Gasteiger partial charge in [0.1, 0.15) is 11.5 Å². The van der Waals surface area contributed by atoms with Crippen LogP contribution in [0, 0.1) is 0 Å². The Balaban J connectivity index is 2.93. The molecule has 0 spiro atoms. The summed E-state index contributed by atoms with van der Waals surface area (Å²) in [6, 6.07) is 4.73. The quantitative estimate of drug-likeness (QED) is 0.669. The predicted molar refractivity (Wildman–Crippen MR) is 50.4 cm³/mol. The molecule has 0 aromatic heterocycles. The van der Waals surface area contributed by atoms with Crippen LogP contribution in [0.4, 0.5) is 0 Å². The van der Waals surface area contributed by atoms with E-state index in [1.807, 2.05) is 0 Å². The van der Waals surface area contributed by atoms with E-state index in [-0.39, 0.29) is 5.75 Å². The van der Waals surface area contributed by atoms with Crippen LogP contribution in [0.25, 0.3) is 0 Å². The Hall–Kier alpha value is -1.40. The highest BCUT2D eigenvalue weighted by molar-refractivity contribution is 6.33. The minimum absolute atomic E-state index is 0.239. The maximum absolute atomic E-state index is 8.60. The van der Waals surface area contributed by atoms with Crippen molar-refractivity contribution in [1.29, 1.82) is 0 Å². The molecule has 0 unspecified atom stereocenters. The summed E-state index contributed by atoms with van der Waals surface area (Å²) in [7, 11) is 1.11. The van der Waals surface area contributed by atoms with Crippen molar-refractivity contribution in [2.75, 3.05) is 14.2 Å². The zero-order valence-corrected chi connectivity index (χ0v) is 7.93. The summed E-state index contributed by atoms with van der Waals surface area (Å²) in [5.74, 6) is 1.21. The van der Waals surface area contributed by atoms with Crippen molar-refractivity contribution in [3.8, 4) is 17.2 Å². The zero-order valence-electron chi connectivity index (χ0n) is 7.93. The van der Waals surface area contributed by atoms with E-state index in [9.17, 15) is 0 Å². The number of ether oxygens (including phenoxy) is 2. The molecule has 2 N–H and O–H groups in total. The van der Waals surface area contributed by atoms with Gasteiger partial charge >= 0.3 is 7.32 Å². The molecule has 0 fully saturated rings. The van der Waals surface area contributed by atoms with E-state index in [1.165, 1.54) is 20.3 Å². The van der Waals surface area contributed by atoms with Gasteiger partial charge in [0.2, 0.25) is 0 Å². The van der Waals surface area contributed by atoms with Gasteiger partial charge in [0.25, 0.3) is 0 Å². The van der Waals surface area contributed by atoms with E-state index in [0.717, 1.165) is 0 Å². The standard InChI is InChI=1S/C8H11BO5/c1-12-6-3-4-7(14-9(10)11)8(5-6)13-2/h3-5,10-11H,1-2H3. The van der Waals surface area contributed by atoms with E-state index in [0.29, 0.717) is 11.5 Å². The molecule has 0 aliphatic heterocycles. The Morgan fingerprint density at radius 1 is 1.07 bits per heavy atom. The first-order valence-electron chi connectivity index (χ1n) is 3.92. The first kappa shape index (κ1) is 10.7. The fraction of sp³-hybridized carbons (Fsp3) is 0.250. The topological polar surface area (TPSA) is 68.2 Å². The largest absolute Gasteiger partial charge is 0.707 e. The average Bonchev–Trinajstić information content (AvgIpc) is 2.17. The van der Waals surface area contributed by atoms with E-state index in [1.54, 1.807) is 12.1 Å². The van der Waals surface area contributed by atoms with E-state index < -0.39 is 7.32 Å². The van der Waals surface area contributed by atoms with Crippen molar-refractivity contribution in [2.45, 2.75) is 0 Å². The average molecular weight is 198 g/mol. The maximum atomic E-state index is 8.60. The molecule has 1 rings (SSSR count). The molecule has 6 heteroatoms. The summed E-state index contributed by atoms with van der Waals surface area (Å²) in [4.78, 5) is 0. The van der Waals surface area contributed by atoms with Gasteiger partial charge in [0, 0.05) is 6.07 Å². The van der Waals surface area contributed by atoms with Crippen LogP contribution in [0.3, 0.4) is 0 Å². The lowest BCUT2D eigenvalue weighted by Gasteiger charge is -2.10. The van der Waals surface area contributed by atoms with Crippen molar-refractivity contribution in [1.82, 2.24) is 0 Å². The lowest BCUT2D eigenvalue weighted by atomic mass is 10.2. The molecular weight excluding hydrogens is 187 g/mol. The first-order chi connectivity index (χ1) is 6.67. The van der Waals surface area contributed by atoms with Crippen molar-refractivity contribution < 1.29 is 24.2 Å². The van der Waals surface area contributed by atoms with Crippen LogP contribution in [0.2, 0.25) is 0 Å². The molecule has 0 bridgehead atoms. The maximum Gasteiger partial charge on any atom is 0.707 e. The van der Waals surface area contributed by atoms with Crippen LogP contribution >= 0.6 is 0 Å². The molecule has 1 aromatic rings. The lowest BCUT2D eigenvalue weighted by Crippen LogP contribution is -2.20. The van der Waals surface area contributed by atoms with E-state index >= 15 is 0 Å². The molecule has 0 aliphatic rings. The molecule has 76 valence electrons. The summed E-state index contributed by atoms with van der Waals surface area (Å²) in [6.45, 7) is 0. The Morgan fingerprint density at radius 3 is 2.29 bits per heavy atom. The molecule has 0 heterocycles. The summed E-state index contributed by atoms with van der Waals surface area (Å²) >= 11 is 0. The molecule has 14 heavy (non-hydrogen) atoms. The third-order valence-corrected chi connectivity index (χ3v) is 1.60. The van der Waals surface area contributed by atoms with Gasteiger partial charge in [-0.2, -0.15) is 0 Å². The molecule has 0 saturated heterocycles. The van der Waals surface area contributed by atoms with Crippen LogP contribution in [-0.2, 0) is 0 Å². The van der Waals surface area contributed by atoms with Gasteiger partial charge in [-0.15, -0.1) is 0 Å². The third-order valence-electron chi connectivity index (χ3n) is 1.60. The molecule has 0 saturated carbocycles. The van der Waals surface area contributed by atoms with Gasteiger partial charge in [0.15, 0.2) is 5.75 Å². The van der Waals surface area contributed by atoms with Crippen LogP contribution < -0.4 is 14.1 Å². The Bertz CT molecular complexity index is 302. The van der Waals surface area contributed by atoms with Gasteiger partial charge in [-0.05, 0) is 12.1 Å². The van der Waals surface area contributed by atoms with Gasteiger partial charge in [0.05, 0.1) is 14.2 Å². The molecule has 0 radical (unpaired) electrons. The third kappa shape index (κ3) is 2.55. The van der Waals surface area contributed by atoms with Gasteiger partial charge < -0.3 is 24.2 Å². The molecular formula is C8H11BO5. The lowest BCUT2D eigenvalue weighted by molar-refractivity contribution is 0.279. The van der Waals surface area contributed by atoms with Gasteiger partial charge in [-0.3, -0.25) is 0 Å². The highest BCUT2D eigenvalue weighted by atomic mass is 16.6. The zero-order chi connectivity index (χ0) is 10.6. The first-order valence-corrected chi connectivity index (χ1v) is 3.92. The Morgan fingerprint density at radius 2 is 1.79 bits per heavy atom. The second kappa shape index (κ2) is 4.73. The fourth-order valence-electron chi connectivity index (χ4n) is 0.986. The number of hydrogen-bond donors (Lipinski definition) is 2. The number of rotatable bonds is 4. The highest BCUT2D eigenvalue weighted by Crippen LogP contribution is 2.31. The minimum Gasteiger partial charge on any atom is -0.509 e. The second-order valence-corrected chi connectivity index (χ2v) is 2.46. The summed E-state index contributed by atoms with van der Waals surface area (Å²) < 4.78 is 14.6. The normalized spacial score (nSPS) is 9.43. The van der Waals surface area contributed by atoms with Crippen LogP contribution in [0.5, 0.6) is 17.2 Å².